The third-order valence-electron chi connectivity index (χ3n) is 8.37. The van der Waals surface area contributed by atoms with Crippen LogP contribution in [-0.4, -0.2) is 23.1 Å². The minimum absolute atomic E-state index is 0.00744. The average Bonchev–Trinajstić information content (AvgIpc) is 3.00. The molecule has 0 rings (SSSR count). The summed E-state index contributed by atoms with van der Waals surface area (Å²) in [5.41, 5.74) is 0. The number of ether oxygens (including phenoxy) is 1. The molecule has 0 amide bonds. The summed E-state index contributed by atoms with van der Waals surface area (Å²) in [7, 11) is 0. The molecule has 44 heavy (non-hydrogen) atoms. The molecular weight excluding hydrogens is 544 g/mol. The summed E-state index contributed by atoms with van der Waals surface area (Å²) in [5.74, 6) is -0.677. The van der Waals surface area contributed by atoms with Crippen LogP contribution in [0.25, 0.3) is 0 Å². The number of carboxylic acid groups (broad SMARTS) is 1. The zero-order valence-corrected chi connectivity index (χ0v) is 29.2. The van der Waals surface area contributed by atoms with E-state index in [1.807, 2.05) is 6.92 Å². The van der Waals surface area contributed by atoms with Gasteiger partial charge < -0.3 is 9.84 Å². The number of hydrogen-bond acceptors (Lipinski definition) is 3. The van der Waals surface area contributed by atoms with Crippen molar-refractivity contribution < 1.29 is 19.4 Å². The molecule has 0 bridgehead atoms. The Hall–Kier alpha value is -1.84. The molecule has 0 fully saturated rings. The highest BCUT2D eigenvalue weighted by Crippen LogP contribution is 2.16. The van der Waals surface area contributed by atoms with Crippen LogP contribution >= 0.6 is 0 Å². The molecule has 0 aromatic heterocycles. The second-order valence-corrected chi connectivity index (χ2v) is 12.8. The number of carbonyl (C=O) groups is 2. The summed E-state index contributed by atoms with van der Waals surface area (Å²) in [6.07, 6.45) is 47.2. The molecule has 0 aromatic carbocycles. The second kappa shape index (κ2) is 35.6. The second-order valence-electron chi connectivity index (χ2n) is 12.8. The highest BCUT2D eigenvalue weighted by atomic mass is 16.5. The van der Waals surface area contributed by atoms with E-state index >= 15 is 0 Å². The lowest BCUT2D eigenvalue weighted by Crippen LogP contribution is -2.14. The molecule has 4 heteroatoms. The SMILES string of the molecule is CC/C=C\C/C=C\C/C=C\CCCCCCCCCCCC(=O)OC(C)CCCCCCCCCCCCCCCC(=O)O. The van der Waals surface area contributed by atoms with Gasteiger partial charge in [0.05, 0.1) is 6.10 Å². The highest BCUT2D eigenvalue weighted by Gasteiger charge is 2.09. The van der Waals surface area contributed by atoms with Gasteiger partial charge in [0.2, 0.25) is 0 Å². The zero-order valence-electron chi connectivity index (χ0n) is 29.2. The fourth-order valence-corrected chi connectivity index (χ4v) is 5.59. The van der Waals surface area contributed by atoms with Gasteiger partial charge in [0.1, 0.15) is 0 Å². The van der Waals surface area contributed by atoms with E-state index in [1.54, 1.807) is 0 Å². The monoisotopic (exact) mass is 617 g/mol. The molecule has 0 aliphatic rings. The van der Waals surface area contributed by atoms with Gasteiger partial charge in [0, 0.05) is 12.8 Å². The zero-order chi connectivity index (χ0) is 32.2. The van der Waals surface area contributed by atoms with E-state index in [4.69, 9.17) is 9.84 Å². The summed E-state index contributed by atoms with van der Waals surface area (Å²) in [6.45, 7) is 4.22. The fraction of sp³-hybridized carbons (Fsp3) is 0.800. The van der Waals surface area contributed by atoms with Gasteiger partial charge in [0.15, 0.2) is 0 Å². The van der Waals surface area contributed by atoms with Crippen LogP contribution in [0.3, 0.4) is 0 Å². The van der Waals surface area contributed by atoms with Crippen molar-refractivity contribution in [3.8, 4) is 0 Å². The molecule has 1 atom stereocenters. The Morgan fingerprint density at radius 2 is 0.909 bits per heavy atom. The maximum absolute atomic E-state index is 12.2. The lowest BCUT2D eigenvalue weighted by atomic mass is 10.0. The van der Waals surface area contributed by atoms with E-state index in [1.165, 1.54) is 116 Å². The van der Waals surface area contributed by atoms with Crippen LogP contribution in [0.5, 0.6) is 0 Å². The summed E-state index contributed by atoms with van der Waals surface area (Å²) in [6, 6.07) is 0. The van der Waals surface area contributed by atoms with Gasteiger partial charge in [0.25, 0.3) is 0 Å². The normalized spacial score (nSPS) is 12.6. The first-order valence-corrected chi connectivity index (χ1v) is 18.9. The lowest BCUT2D eigenvalue weighted by molar-refractivity contribution is -0.148. The standard InChI is InChI=1S/C40H72O4/c1-3-4-5-6-7-8-9-10-11-12-13-14-15-19-22-25-28-31-34-37-40(43)44-38(2)35-32-29-26-23-20-17-16-18-21-24-27-30-33-36-39(41)42/h4-5,7-8,10-11,38H,3,6,9,12-37H2,1-2H3,(H,41,42)/b5-4-,8-7-,11-10-. The van der Waals surface area contributed by atoms with Gasteiger partial charge in [-0.3, -0.25) is 9.59 Å². The van der Waals surface area contributed by atoms with Crippen molar-refractivity contribution >= 4 is 11.9 Å². The van der Waals surface area contributed by atoms with E-state index in [0.717, 1.165) is 57.8 Å². The van der Waals surface area contributed by atoms with Gasteiger partial charge in [-0.1, -0.05) is 159 Å². The molecular formula is C40H72O4. The number of hydrogen-bond donors (Lipinski definition) is 1. The molecule has 0 saturated heterocycles. The molecule has 0 radical (unpaired) electrons. The van der Waals surface area contributed by atoms with Crippen LogP contribution in [-0.2, 0) is 14.3 Å². The molecule has 256 valence electrons. The molecule has 0 aromatic rings. The van der Waals surface area contributed by atoms with Crippen LogP contribution in [0, 0.1) is 0 Å². The van der Waals surface area contributed by atoms with Crippen LogP contribution in [0.1, 0.15) is 200 Å². The molecule has 0 spiro atoms. The average molecular weight is 617 g/mol. The molecule has 0 heterocycles. The first-order chi connectivity index (χ1) is 21.6. The quantitative estimate of drug-likeness (QED) is 0.0444. The molecule has 0 aliphatic heterocycles. The van der Waals surface area contributed by atoms with Gasteiger partial charge >= 0.3 is 11.9 Å². The predicted molar refractivity (Wildman–Crippen MR) is 190 cm³/mol. The maximum Gasteiger partial charge on any atom is 0.306 e. The Labute approximate surface area is 273 Å². The van der Waals surface area contributed by atoms with E-state index in [2.05, 4.69) is 43.4 Å². The summed E-state index contributed by atoms with van der Waals surface area (Å²) in [4.78, 5) is 22.6. The van der Waals surface area contributed by atoms with Crippen molar-refractivity contribution in [1.82, 2.24) is 0 Å². The first kappa shape index (κ1) is 42.2. The Morgan fingerprint density at radius 1 is 0.523 bits per heavy atom. The maximum atomic E-state index is 12.2. The number of esters is 1. The third-order valence-corrected chi connectivity index (χ3v) is 8.37. The van der Waals surface area contributed by atoms with Crippen LogP contribution in [0.2, 0.25) is 0 Å². The van der Waals surface area contributed by atoms with E-state index in [0.29, 0.717) is 12.8 Å². The Kier molecular flexibility index (Phi) is 34.1. The minimum atomic E-state index is -0.670. The number of unbranched alkanes of at least 4 members (excludes halogenated alkanes) is 21. The number of allylic oxidation sites excluding steroid dienone is 6. The number of aliphatic carboxylic acids is 1. The lowest BCUT2D eigenvalue weighted by Gasteiger charge is -2.13. The molecule has 1 N–H and O–H groups in total. The van der Waals surface area contributed by atoms with Gasteiger partial charge in [-0.15, -0.1) is 0 Å². The van der Waals surface area contributed by atoms with Crippen LogP contribution < -0.4 is 0 Å². The first-order valence-electron chi connectivity index (χ1n) is 18.9. The molecule has 4 nitrogen and oxygen atoms in total. The van der Waals surface area contributed by atoms with Crippen LogP contribution in [0.4, 0.5) is 0 Å². The van der Waals surface area contributed by atoms with Gasteiger partial charge in [-0.25, -0.2) is 0 Å². The van der Waals surface area contributed by atoms with Gasteiger partial charge in [-0.05, 0) is 64.7 Å². The summed E-state index contributed by atoms with van der Waals surface area (Å²) < 4.78 is 5.64. The van der Waals surface area contributed by atoms with Crippen molar-refractivity contribution in [2.45, 2.75) is 206 Å². The minimum Gasteiger partial charge on any atom is -0.481 e. The molecule has 0 aliphatic carbocycles. The molecule has 0 saturated carbocycles. The van der Waals surface area contributed by atoms with Crippen molar-refractivity contribution in [1.29, 1.82) is 0 Å². The van der Waals surface area contributed by atoms with E-state index in [-0.39, 0.29) is 12.1 Å². The predicted octanol–water partition coefficient (Wildman–Crippen LogP) is 13.0. The van der Waals surface area contributed by atoms with Crippen LogP contribution in [0.15, 0.2) is 36.5 Å². The fourth-order valence-electron chi connectivity index (χ4n) is 5.59. The third kappa shape index (κ3) is 36.4. The Bertz CT molecular complexity index is 708. The molecule has 1 unspecified atom stereocenters. The Morgan fingerprint density at radius 3 is 1.39 bits per heavy atom. The van der Waals surface area contributed by atoms with E-state index in [9.17, 15) is 9.59 Å². The number of rotatable bonds is 34. The smallest absolute Gasteiger partial charge is 0.306 e. The van der Waals surface area contributed by atoms with Crippen molar-refractivity contribution in [3.05, 3.63) is 36.5 Å². The van der Waals surface area contributed by atoms with Gasteiger partial charge in [-0.2, -0.15) is 0 Å². The number of carbonyl (C=O) groups excluding carboxylic acids is 1. The summed E-state index contributed by atoms with van der Waals surface area (Å²) >= 11 is 0. The summed E-state index contributed by atoms with van der Waals surface area (Å²) in [5, 5.41) is 8.64. The van der Waals surface area contributed by atoms with Crippen molar-refractivity contribution in [2.24, 2.45) is 0 Å². The number of carboxylic acids is 1. The Balaban J connectivity index is 3.34. The topological polar surface area (TPSA) is 63.6 Å². The largest absolute Gasteiger partial charge is 0.481 e. The van der Waals surface area contributed by atoms with E-state index < -0.39 is 5.97 Å². The highest BCUT2D eigenvalue weighted by molar-refractivity contribution is 5.69. The van der Waals surface area contributed by atoms with Crippen molar-refractivity contribution in [2.75, 3.05) is 0 Å². The van der Waals surface area contributed by atoms with Crippen molar-refractivity contribution in [3.63, 3.8) is 0 Å².